The van der Waals surface area contributed by atoms with E-state index in [9.17, 15) is 4.79 Å². The predicted octanol–water partition coefficient (Wildman–Crippen LogP) is 3.94. The topological polar surface area (TPSA) is 63.6 Å². The van der Waals surface area contributed by atoms with Crippen LogP contribution in [0.5, 0.6) is 11.5 Å². The number of carbonyl (C=O) groups is 1. The van der Waals surface area contributed by atoms with Crippen molar-refractivity contribution in [1.82, 2.24) is 9.91 Å². The highest BCUT2D eigenvalue weighted by atomic mass is 32.1. The molecule has 8 heteroatoms. The van der Waals surface area contributed by atoms with Crippen LogP contribution in [-0.2, 0) is 9.53 Å². The van der Waals surface area contributed by atoms with Crippen molar-refractivity contribution < 1.29 is 19.0 Å². The maximum atomic E-state index is 13.5. The van der Waals surface area contributed by atoms with Crippen molar-refractivity contribution in [1.29, 1.82) is 0 Å². The lowest BCUT2D eigenvalue weighted by atomic mass is 10.0. The molecule has 1 fully saturated rings. The van der Waals surface area contributed by atoms with Gasteiger partial charge in [-0.1, -0.05) is 12.1 Å². The molecule has 3 heterocycles. The standard InChI is InChI=1S/C24H31N3O4S/c1-16-13-26(15-24(2,3)31-16)14-23(28)27-19(12-18(25-27)22-7-6-10-32-22)17-8-9-20(29-4)21(11-17)30-5/h6-11,16,19H,12-15H2,1-5H3. The second-order valence-electron chi connectivity index (χ2n) is 8.95. The molecule has 1 aromatic heterocycles. The fourth-order valence-corrected chi connectivity index (χ4v) is 5.34. The monoisotopic (exact) mass is 457 g/mol. The summed E-state index contributed by atoms with van der Waals surface area (Å²) in [5.41, 5.74) is 1.63. The van der Waals surface area contributed by atoms with Gasteiger partial charge in [0.1, 0.15) is 0 Å². The average Bonchev–Trinajstić information content (AvgIpc) is 3.41. The second-order valence-corrected chi connectivity index (χ2v) is 9.90. The molecule has 2 aliphatic rings. The summed E-state index contributed by atoms with van der Waals surface area (Å²) in [4.78, 5) is 16.7. The molecule has 0 radical (unpaired) electrons. The Hall–Kier alpha value is -2.42. The van der Waals surface area contributed by atoms with Crippen molar-refractivity contribution in [2.75, 3.05) is 33.9 Å². The molecule has 2 aromatic rings. The van der Waals surface area contributed by atoms with E-state index < -0.39 is 0 Å². The smallest absolute Gasteiger partial charge is 0.257 e. The maximum absolute atomic E-state index is 13.5. The molecule has 172 valence electrons. The van der Waals surface area contributed by atoms with Crippen LogP contribution in [0.1, 0.15) is 43.7 Å². The van der Waals surface area contributed by atoms with Crippen molar-refractivity contribution in [2.45, 2.75) is 44.9 Å². The number of thiophene rings is 1. The molecule has 7 nitrogen and oxygen atoms in total. The number of morpholine rings is 1. The van der Waals surface area contributed by atoms with Crippen molar-refractivity contribution >= 4 is 23.0 Å². The molecule has 32 heavy (non-hydrogen) atoms. The minimum atomic E-state index is -0.281. The van der Waals surface area contributed by atoms with E-state index in [0.29, 0.717) is 31.0 Å². The van der Waals surface area contributed by atoms with Crippen LogP contribution in [0.2, 0.25) is 0 Å². The molecule has 2 aliphatic heterocycles. The summed E-state index contributed by atoms with van der Waals surface area (Å²) in [5, 5.41) is 8.48. The molecule has 1 aromatic carbocycles. The molecule has 0 saturated carbocycles. The summed E-state index contributed by atoms with van der Waals surface area (Å²) in [6.45, 7) is 7.92. The Morgan fingerprint density at radius 2 is 2.03 bits per heavy atom. The van der Waals surface area contributed by atoms with Crippen LogP contribution in [0.15, 0.2) is 40.8 Å². The largest absolute Gasteiger partial charge is 0.493 e. The van der Waals surface area contributed by atoms with Gasteiger partial charge in [-0.2, -0.15) is 5.10 Å². The third kappa shape index (κ3) is 4.82. The molecule has 1 amide bonds. The Bertz CT molecular complexity index is 989. The number of hydrogen-bond donors (Lipinski definition) is 0. The van der Waals surface area contributed by atoms with Crippen LogP contribution in [-0.4, -0.2) is 67.1 Å². The Morgan fingerprint density at radius 3 is 2.69 bits per heavy atom. The van der Waals surface area contributed by atoms with E-state index in [1.54, 1.807) is 30.6 Å². The lowest BCUT2D eigenvalue weighted by Gasteiger charge is -2.41. The molecular formula is C24H31N3O4S. The van der Waals surface area contributed by atoms with Gasteiger partial charge in [0, 0.05) is 19.5 Å². The van der Waals surface area contributed by atoms with E-state index in [1.807, 2.05) is 36.6 Å². The Labute approximate surface area is 193 Å². The molecule has 1 saturated heterocycles. The van der Waals surface area contributed by atoms with Gasteiger partial charge >= 0.3 is 0 Å². The highest BCUT2D eigenvalue weighted by Crippen LogP contribution is 2.38. The van der Waals surface area contributed by atoms with Gasteiger partial charge in [0.15, 0.2) is 11.5 Å². The Balaban J connectivity index is 1.60. The molecular weight excluding hydrogens is 426 g/mol. The maximum Gasteiger partial charge on any atom is 0.257 e. The summed E-state index contributed by atoms with van der Waals surface area (Å²) in [6, 6.07) is 9.68. The van der Waals surface area contributed by atoms with Crippen LogP contribution in [0.4, 0.5) is 0 Å². The van der Waals surface area contributed by atoms with E-state index >= 15 is 0 Å². The third-order valence-corrected chi connectivity index (χ3v) is 6.68. The molecule has 2 unspecified atom stereocenters. The van der Waals surface area contributed by atoms with Crippen LogP contribution < -0.4 is 9.47 Å². The van der Waals surface area contributed by atoms with E-state index in [1.165, 1.54) is 0 Å². The minimum absolute atomic E-state index is 0.0127. The molecule has 0 aliphatic carbocycles. The number of hydrazone groups is 1. The SMILES string of the molecule is COc1ccc(C2CC(c3cccs3)=NN2C(=O)CN2CC(C)OC(C)(C)C2)cc1OC. The Kier molecular flexibility index (Phi) is 6.55. The van der Waals surface area contributed by atoms with Gasteiger partial charge < -0.3 is 14.2 Å². The number of methoxy groups -OCH3 is 2. The van der Waals surface area contributed by atoms with Crippen LogP contribution in [0, 0.1) is 0 Å². The van der Waals surface area contributed by atoms with Crippen molar-refractivity contribution in [2.24, 2.45) is 5.10 Å². The van der Waals surface area contributed by atoms with Gasteiger partial charge in [-0.25, -0.2) is 5.01 Å². The quantitative estimate of drug-likeness (QED) is 0.657. The predicted molar refractivity (Wildman–Crippen MR) is 126 cm³/mol. The van der Waals surface area contributed by atoms with E-state index in [-0.39, 0.29) is 23.7 Å². The first-order valence-electron chi connectivity index (χ1n) is 10.8. The highest BCUT2D eigenvalue weighted by molar-refractivity contribution is 7.12. The highest BCUT2D eigenvalue weighted by Gasteiger charge is 2.37. The molecule has 0 N–H and O–H groups in total. The first-order chi connectivity index (χ1) is 15.3. The first kappa shape index (κ1) is 22.8. The minimum Gasteiger partial charge on any atom is -0.493 e. The lowest BCUT2D eigenvalue weighted by Crippen LogP contribution is -2.54. The van der Waals surface area contributed by atoms with E-state index in [2.05, 4.69) is 24.8 Å². The number of carbonyl (C=O) groups excluding carboxylic acids is 1. The fraction of sp³-hybridized carbons (Fsp3) is 0.500. The second kappa shape index (κ2) is 9.21. The van der Waals surface area contributed by atoms with Gasteiger partial charge in [-0.15, -0.1) is 11.3 Å². The van der Waals surface area contributed by atoms with Gasteiger partial charge in [0.05, 0.1) is 49.1 Å². The van der Waals surface area contributed by atoms with E-state index in [0.717, 1.165) is 22.7 Å². The normalized spacial score (nSPS) is 23.2. The van der Waals surface area contributed by atoms with Crippen molar-refractivity contribution in [3.8, 4) is 11.5 Å². The Morgan fingerprint density at radius 1 is 1.25 bits per heavy atom. The van der Waals surface area contributed by atoms with Crippen molar-refractivity contribution in [3.63, 3.8) is 0 Å². The zero-order valence-electron chi connectivity index (χ0n) is 19.3. The zero-order chi connectivity index (χ0) is 22.9. The van der Waals surface area contributed by atoms with E-state index in [4.69, 9.17) is 19.3 Å². The number of benzene rings is 1. The van der Waals surface area contributed by atoms with Gasteiger partial charge in [-0.05, 0) is 49.9 Å². The number of ether oxygens (including phenoxy) is 3. The molecule has 4 rings (SSSR count). The number of hydrogen-bond acceptors (Lipinski definition) is 7. The van der Waals surface area contributed by atoms with Crippen LogP contribution >= 0.6 is 11.3 Å². The average molecular weight is 458 g/mol. The first-order valence-corrected chi connectivity index (χ1v) is 11.7. The zero-order valence-corrected chi connectivity index (χ0v) is 20.1. The summed E-state index contributed by atoms with van der Waals surface area (Å²) in [7, 11) is 3.24. The molecule has 2 atom stereocenters. The van der Waals surface area contributed by atoms with Gasteiger partial charge in [-0.3, -0.25) is 9.69 Å². The number of rotatable bonds is 6. The summed E-state index contributed by atoms with van der Waals surface area (Å²) < 4.78 is 16.9. The molecule has 0 bridgehead atoms. The summed E-state index contributed by atoms with van der Waals surface area (Å²) in [6.07, 6.45) is 0.740. The third-order valence-electron chi connectivity index (χ3n) is 5.76. The molecule has 0 spiro atoms. The summed E-state index contributed by atoms with van der Waals surface area (Å²) >= 11 is 1.64. The van der Waals surface area contributed by atoms with Gasteiger partial charge in [0.25, 0.3) is 5.91 Å². The van der Waals surface area contributed by atoms with Crippen LogP contribution in [0.3, 0.4) is 0 Å². The number of amides is 1. The van der Waals surface area contributed by atoms with Crippen LogP contribution in [0.25, 0.3) is 0 Å². The lowest BCUT2D eigenvalue weighted by molar-refractivity contribution is -0.146. The van der Waals surface area contributed by atoms with Crippen molar-refractivity contribution in [3.05, 3.63) is 46.2 Å². The number of nitrogens with zero attached hydrogens (tertiary/aromatic N) is 3. The summed E-state index contributed by atoms with van der Waals surface area (Å²) in [5.74, 6) is 1.29. The fourth-order valence-electron chi connectivity index (χ4n) is 4.62. The van der Waals surface area contributed by atoms with Gasteiger partial charge in [0.2, 0.25) is 0 Å².